The Morgan fingerprint density at radius 2 is 0.821 bits per heavy atom. The van der Waals surface area contributed by atoms with E-state index in [0.717, 1.165) is 0 Å². The minimum atomic E-state index is 1.25. The Balaban J connectivity index is 0.000000211. The van der Waals surface area contributed by atoms with E-state index in [1.165, 1.54) is 38.7 Å². The zero-order valence-corrected chi connectivity index (χ0v) is 16.9. The van der Waals surface area contributed by atoms with Gasteiger partial charge in [0.2, 0.25) is 0 Å². The predicted molar refractivity (Wildman–Crippen MR) is 120 cm³/mol. The summed E-state index contributed by atoms with van der Waals surface area (Å²) in [5.41, 5.74) is 7.86. The summed E-state index contributed by atoms with van der Waals surface area (Å²) in [4.78, 5) is 1.28. The third-order valence-electron chi connectivity index (χ3n) is 4.85. The minimum absolute atomic E-state index is 1.25. The molecule has 0 unspecified atom stereocenters. The SMILES string of the molecule is Cc1ccc(C)c(C)c1.c1ccc([NH+](c2ccccc2)c2ccccc2)cc1. The van der Waals surface area contributed by atoms with Crippen molar-refractivity contribution >= 4 is 17.1 Å². The molecule has 1 nitrogen and oxygen atoms in total. The van der Waals surface area contributed by atoms with Gasteiger partial charge in [-0.25, -0.2) is 4.90 Å². The van der Waals surface area contributed by atoms with Crippen LogP contribution >= 0.6 is 0 Å². The second-order valence-corrected chi connectivity index (χ2v) is 7.06. The number of quaternary nitrogens is 1. The Kier molecular flexibility index (Phi) is 6.78. The average Bonchev–Trinajstić information content (AvgIpc) is 2.74. The first kappa shape index (κ1) is 19.6. The van der Waals surface area contributed by atoms with Gasteiger partial charge in [-0.05, 0) is 68.3 Å². The highest BCUT2D eigenvalue weighted by atomic mass is 15.1. The summed E-state index contributed by atoms with van der Waals surface area (Å²) >= 11 is 0. The number of nitrogens with one attached hydrogen (secondary N) is 1. The van der Waals surface area contributed by atoms with Crippen molar-refractivity contribution in [2.24, 2.45) is 0 Å². The Hall–Kier alpha value is -3.16. The van der Waals surface area contributed by atoms with Gasteiger partial charge in [0.25, 0.3) is 0 Å². The lowest BCUT2D eigenvalue weighted by molar-refractivity contribution is -0.681. The Labute approximate surface area is 168 Å². The molecule has 0 fully saturated rings. The largest absolute Gasteiger partial charge is 0.238 e. The summed E-state index contributed by atoms with van der Waals surface area (Å²) in [5, 5.41) is 0. The Morgan fingerprint density at radius 3 is 1.14 bits per heavy atom. The molecule has 0 aliphatic heterocycles. The molecular formula is C27H28N+. The van der Waals surface area contributed by atoms with Gasteiger partial charge in [-0.1, -0.05) is 78.4 Å². The number of benzene rings is 4. The second kappa shape index (κ2) is 9.68. The fourth-order valence-corrected chi connectivity index (χ4v) is 3.21. The molecule has 0 atom stereocenters. The molecule has 1 heteroatoms. The van der Waals surface area contributed by atoms with Crippen LogP contribution in [0.1, 0.15) is 16.7 Å². The van der Waals surface area contributed by atoms with Crippen LogP contribution in [0.2, 0.25) is 0 Å². The van der Waals surface area contributed by atoms with Crippen LogP contribution in [0.15, 0.2) is 109 Å². The summed E-state index contributed by atoms with van der Waals surface area (Å²) in [7, 11) is 0. The molecule has 0 saturated heterocycles. The average molecular weight is 367 g/mol. The van der Waals surface area contributed by atoms with Gasteiger partial charge in [0.05, 0.1) is 0 Å². The lowest BCUT2D eigenvalue weighted by atomic mass is 10.1. The van der Waals surface area contributed by atoms with Crippen LogP contribution in [0.3, 0.4) is 0 Å². The third kappa shape index (κ3) is 5.18. The van der Waals surface area contributed by atoms with Crippen LogP contribution in [0.5, 0.6) is 0 Å². The monoisotopic (exact) mass is 366 g/mol. The van der Waals surface area contributed by atoms with Crippen LogP contribution in [0.4, 0.5) is 17.1 Å². The smallest absolute Gasteiger partial charge is 0.141 e. The van der Waals surface area contributed by atoms with Crippen LogP contribution < -0.4 is 4.90 Å². The molecule has 4 aromatic rings. The van der Waals surface area contributed by atoms with Gasteiger partial charge in [0, 0.05) is 0 Å². The summed E-state index contributed by atoms with van der Waals surface area (Å²) < 4.78 is 0. The molecule has 4 rings (SSSR count). The highest BCUT2D eigenvalue weighted by Crippen LogP contribution is 2.14. The maximum atomic E-state index is 2.20. The van der Waals surface area contributed by atoms with Crippen molar-refractivity contribution in [3.8, 4) is 0 Å². The van der Waals surface area contributed by atoms with Crippen molar-refractivity contribution in [1.82, 2.24) is 0 Å². The van der Waals surface area contributed by atoms with Crippen molar-refractivity contribution in [1.29, 1.82) is 0 Å². The van der Waals surface area contributed by atoms with Crippen molar-refractivity contribution in [2.45, 2.75) is 20.8 Å². The lowest BCUT2D eigenvalue weighted by Gasteiger charge is -2.18. The van der Waals surface area contributed by atoms with Crippen molar-refractivity contribution in [2.75, 3.05) is 0 Å². The van der Waals surface area contributed by atoms with E-state index in [2.05, 4.69) is 130 Å². The third-order valence-corrected chi connectivity index (χ3v) is 4.85. The predicted octanol–water partition coefficient (Wildman–Crippen LogP) is 6.48. The standard InChI is InChI=1S/C18H15N.C9H12/c1-4-10-16(11-5-1)19(17-12-6-2-7-13-17)18-14-8-3-9-15-18;1-7-4-5-8(2)9(3)6-7/h1-15H;4-6H,1-3H3/p+1. The minimum Gasteiger partial charge on any atom is -0.238 e. The molecule has 0 spiro atoms. The van der Waals surface area contributed by atoms with Crippen molar-refractivity contribution in [3.63, 3.8) is 0 Å². The van der Waals surface area contributed by atoms with Crippen LogP contribution in [-0.2, 0) is 0 Å². The van der Waals surface area contributed by atoms with Crippen LogP contribution in [-0.4, -0.2) is 0 Å². The molecule has 0 heterocycles. The van der Waals surface area contributed by atoms with Gasteiger partial charge in [0.1, 0.15) is 17.1 Å². The normalized spacial score (nSPS) is 10.3. The van der Waals surface area contributed by atoms with E-state index >= 15 is 0 Å². The number of rotatable bonds is 3. The Bertz CT molecular complexity index is 883. The highest BCUT2D eigenvalue weighted by molar-refractivity contribution is 5.45. The quantitative estimate of drug-likeness (QED) is 0.423. The zero-order valence-electron chi connectivity index (χ0n) is 16.9. The second-order valence-electron chi connectivity index (χ2n) is 7.06. The summed E-state index contributed by atoms with van der Waals surface area (Å²) in [6.45, 7) is 6.39. The van der Waals surface area contributed by atoms with E-state index < -0.39 is 0 Å². The maximum absolute atomic E-state index is 2.20. The highest BCUT2D eigenvalue weighted by Gasteiger charge is 2.17. The van der Waals surface area contributed by atoms with Gasteiger partial charge in [-0.2, -0.15) is 0 Å². The van der Waals surface area contributed by atoms with Crippen LogP contribution in [0, 0.1) is 20.8 Å². The van der Waals surface area contributed by atoms with Gasteiger partial charge >= 0.3 is 0 Å². The number of aryl methyl sites for hydroxylation is 3. The van der Waals surface area contributed by atoms with E-state index in [4.69, 9.17) is 0 Å². The zero-order chi connectivity index (χ0) is 19.8. The molecule has 140 valence electrons. The Morgan fingerprint density at radius 1 is 0.429 bits per heavy atom. The number of hydrogen-bond donors (Lipinski definition) is 1. The first-order chi connectivity index (χ1) is 13.6. The fraction of sp³-hybridized carbons (Fsp3) is 0.111. The molecule has 0 aliphatic rings. The van der Waals surface area contributed by atoms with Gasteiger partial charge < -0.3 is 0 Å². The van der Waals surface area contributed by atoms with Crippen LogP contribution in [0.25, 0.3) is 0 Å². The van der Waals surface area contributed by atoms with Gasteiger partial charge in [-0.15, -0.1) is 0 Å². The summed E-state index contributed by atoms with van der Waals surface area (Å²) in [6, 6.07) is 38.1. The molecule has 1 N–H and O–H groups in total. The molecule has 0 aromatic heterocycles. The van der Waals surface area contributed by atoms with Gasteiger partial charge in [0.15, 0.2) is 0 Å². The lowest BCUT2D eigenvalue weighted by Crippen LogP contribution is -2.96. The molecule has 28 heavy (non-hydrogen) atoms. The summed E-state index contributed by atoms with van der Waals surface area (Å²) in [5.74, 6) is 0. The maximum Gasteiger partial charge on any atom is 0.141 e. The molecule has 0 radical (unpaired) electrons. The molecular weight excluding hydrogens is 338 g/mol. The number of para-hydroxylation sites is 3. The molecule has 0 bridgehead atoms. The molecule has 0 saturated carbocycles. The van der Waals surface area contributed by atoms with E-state index in [0.29, 0.717) is 0 Å². The molecule has 0 aliphatic carbocycles. The fourth-order valence-electron chi connectivity index (χ4n) is 3.21. The van der Waals surface area contributed by atoms with E-state index in [-0.39, 0.29) is 0 Å². The van der Waals surface area contributed by atoms with Gasteiger partial charge in [-0.3, -0.25) is 0 Å². The van der Waals surface area contributed by atoms with E-state index in [1.807, 2.05) is 0 Å². The molecule has 0 amide bonds. The molecule has 4 aromatic carbocycles. The first-order valence-electron chi connectivity index (χ1n) is 9.72. The number of hydrogen-bond acceptors (Lipinski definition) is 0. The topological polar surface area (TPSA) is 4.44 Å². The van der Waals surface area contributed by atoms with E-state index in [9.17, 15) is 0 Å². The van der Waals surface area contributed by atoms with Crippen molar-refractivity contribution in [3.05, 3.63) is 126 Å². The van der Waals surface area contributed by atoms with Crippen molar-refractivity contribution < 1.29 is 4.90 Å². The van der Waals surface area contributed by atoms with E-state index in [1.54, 1.807) is 0 Å². The first-order valence-corrected chi connectivity index (χ1v) is 9.72. The summed E-state index contributed by atoms with van der Waals surface area (Å²) in [6.07, 6.45) is 0.